The quantitative estimate of drug-likeness (QED) is 0.747. The van der Waals surface area contributed by atoms with Crippen LogP contribution in [0.15, 0.2) is 36.5 Å². The van der Waals surface area contributed by atoms with Crippen molar-refractivity contribution in [1.29, 1.82) is 0 Å². The highest BCUT2D eigenvalue weighted by molar-refractivity contribution is 5.99. The molecule has 160 valence electrons. The zero-order chi connectivity index (χ0) is 21.0. The van der Waals surface area contributed by atoms with Gasteiger partial charge >= 0.3 is 0 Å². The van der Waals surface area contributed by atoms with Crippen molar-refractivity contribution in [3.8, 4) is 17.4 Å². The van der Waals surface area contributed by atoms with E-state index < -0.39 is 5.41 Å². The smallest absolute Gasteiger partial charge is 0.235 e. The average Bonchev–Trinajstić information content (AvgIpc) is 3.23. The number of nitrogens with zero attached hydrogens (tertiary/aromatic N) is 2. The van der Waals surface area contributed by atoms with Crippen LogP contribution in [0.5, 0.6) is 17.4 Å². The standard InChI is InChI=1S/C22H27N3O5/c1-25(2)9-12-28-20-6-4-17(14-23-20)24-21(26)22(7-10-27-11-8-22)16-3-5-18-19(13-16)30-15-29-18/h3-6,13-14H,7-12,15H2,1-2H3,(H,24,26). The van der Waals surface area contributed by atoms with Crippen molar-refractivity contribution in [1.82, 2.24) is 9.88 Å². The Morgan fingerprint density at radius 2 is 1.97 bits per heavy atom. The van der Waals surface area contributed by atoms with E-state index in [0.717, 1.165) is 12.1 Å². The molecular weight excluding hydrogens is 386 g/mol. The van der Waals surface area contributed by atoms with Gasteiger partial charge in [-0.15, -0.1) is 0 Å². The van der Waals surface area contributed by atoms with Gasteiger partial charge in [-0.1, -0.05) is 6.07 Å². The molecule has 0 unspecified atom stereocenters. The van der Waals surface area contributed by atoms with Gasteiger partial charge in [-0.25, -0.2) is 4.98 Å². The highest BCUT2D eigenvalue weighted by Gasteiger charge is 2.42. The van der Waals surface area contributed by atoms with Crippen molar-refractivity contribution in [2.75, 3.05) is 52.6 Å². The first kappa shape index (κ1) is 20.4. The number of hydrogen-bond donors (Lipinski definition) is 1. The minimum absolute atomic E-state index is 0.0762. The number of rotatable bonds is 7. The van der Waals surface area contributed by atoms with Crippen LogP contribution < -0.4 is 19.5 Å². The van der Waals surface area contributed by atoms with Crippen molar-refractivity contribution in [2.45, 2.75) is 18.3 Å². The predicted molar refractivity (Wildman–Crippen MR) is 111 cm³/mol. The second kappa shape index (κ2) is 8.89. The van der Waals surface area contributed by atoms with Crippen molar-refractivity contribution in [3.05, 3.63) is 42.1 Å². The summed E-state index contributed by atoms with van der Waals surface area (Å²) in [5, 5.41) is 3.03. The Hall–Kier alpha value is -2.84. The largest absolute Gasteiger partial charge is 0.476 e. The molecule has 1 saturated heterocycles. The number of nitrogens with one attached hydrogen (secondary N) is 1. The van der Waals surface area contributed by atoms with Crippen LogP contribution in [-0.4, -0.2) is 63.0 Å². The lowest BCUT2D eigenvalue weighted by molar-refractivity contribution is -0.125. The molecule has 3 heterocycles. The zero-order valence-electron chi connectivity index (χ0n) is 17.3. The molecule has 0 spiro atoms. The number of amides is 1. The number of carbonyl (C=O) groups excluding carboxylic acids is 1. The fourth-order valence-electron chi connectivity index (χ4n) is 3.68. The monoisotopic (exact) mass is 413 g/mol. The molecule has 30 heavy (non-hydrogen) atoms. The minimum Gasteiger partial charge on any atom is -0.476 e. The van der Waals surface area contributed by atoms with E-state index in [-0.39, 0.29) is 12.7 Å². The number of anilines is 1. The molecule has 1 aromatic carbocycles. The normalized spacial score (nSPS) is 17.0. The van der Waals surface area contributed by atoms with Crippen LogP contribution in [0, 0.1) is 0 Å². The summed E-state index contributed by atoms with van der Waals surface area (Å²) in [6.45, 7) is 2.62. The Kier molecular flexibility index (Phi) is 6.06. The zero-order valence-corrected chi connectivity index (χ0v) is 17.3. The fourth-order valence-corrected chi connectivity index (χ4v) is 3.68. The highest BCUT2D eigenvalue weighted by atomic mass is 16.7. The number of carbonyl (C=O) groups is 1. The molecule has 1 fully saturated rings. The lowest BCUT2D eigenvalue weighted by Gasteiger charge is -2.36. The summed E-state index contributed by atoms with van der Waals surface area (Å²) in [7, 11) is 3.98. The van der Waals surface area contributed by atoms with Gasteiger partial charge in [0.05, 0.1) is 17.3 Å². The predicted octanol–water partition coefficient (Wildman–Crippen LogP) is 2.44. The molecule has 2 aliphatic heterocycles. The Bertz CT molecular complexity index is 879. The van der Waals surface area contributed by atoms with Crippen LogP contribution in [-0.2, 0) is 14.9 Å². The number of aromatic nitrogens is 1. The van der Waals surface area contributed by atoms with Crippen LogP contribution >= 0.6 is 0 Å². The van der Waals surface area contributed by atoms with Gasteiger partial charge in [0, 0.05) is 25.8 Å². The lowest BCUT2D eigenvalue weighted by Crippen LogP contribution is -2.44. The molecule has 0 radical (unpaired) electrons. The van der Waals surface area contributed by atoms with Crippen molar-refractivity contribution < 1.29 is 23.7 Å². The summed E-state index contributed by atoms with van der Waals surface area (Å²) in [6.07, 6.45) is 2.81. The van der Waals surface area contributed by atoms with Crippen molar-refractivity contribution in [3.63, 3.8) is 0 Å². The lowest BCUT2D eigenvalue weighted by atomic mass is 9.73. The molecule has 1 N–H and O–H groups in total. The summed E-state index contributed by atoms with van der Waals surface area (Å²) < 4.78 is 22.1. The third-order valence-corrected chi connectivity index (χ3v) is 5.49. The first-order chi connectivity index (χ1) is 14.6. The summed E-state index contributed by atoms with van der Waals surface area (Å²) in [4.78, 5) is 19.8. The van der Waals surface area contributed by atoms with E-state index in [4.69, 9.17) is 18.9 Å². The first-order valence-electron chi connectivity index (χ1n) is 10.1. The van der Waals surface area contributed by atoms with Crippen LogP contribution in [0.2, 0.25) is 0 Å². The summed E-state index contributed by atoms with van der Waals surface area (Å²) in [5.41, 5.74) is 0.843. The molecule has 8 heteroatoms. The fraction of sp³-hybridized carbons (Fsp3) is 0.455. The third-order valence-electron chi connectivity index (χ3n) is 5.49. The molecule has 8 nitrogen and oxygen atoms in total. The van der Waals surface area contributed by atoms with Gasteiger partial charge in [0.2, 0.25) is 18.6 Å². The van der Waals surface area contributed by atoms with E-state index in [1.807, 2.05) is 43.3 Å². The summed E-state index contributed by atoms with van der Waals surface area (Å²) >= 11 is 0. The number of hydrogen-bond acceptors (Lipinski definition) is 7. The molecule has 2 aromatic rings. The van der Waals surface area contributed by atoms with Crippen LogP contribution in [0.4, 0.5) is 5.69 Å². The van der Waals surface area contributed by atoms with Gasteiger partial charge in [-0.2, -0.15) is 0 Å². The van der Waals surface area contributed by atoms with Gasteiger partial charge in [0.1, 0.15) is 6.61 Å². The van der Waals surface area contributed by atoms with Gasteiger partial charge < -0.3 is 29.2 Å². The van der Waals surface area contributed by atoms with E-state index in [1.54, 1.807) is 12.3 Å². The maximum absolute atomic E-state index is 13.4. The van der Waals surface area contributed by atoms with Gasteiger partial charge in [-0.05, 0) is 50.7 Å². The van der Waals surface area contributed by atoms with E-state index >= 15 is 0 Å². The molecule has 0 bridgehead atoms. The maximum atomic E-state index is 13.4. The molecular formula is C22H27N3O5. The van der Waals surface area contributed by atoms with Crippen LogP contribution in [0.25, 0.3) is 0 Å². The number of pyridine rings is 1. The number of ether oxygens (including phenoxy) is 4. The molecule has 2 aliphatic rings. The molecule has 0 atom stereocenters. The molecule has 4 rings (SSSR count). The molecule has 0 aliphatic carbocycles. The Labute approximate surface area is 176 Å². The van der Waals surface area contributed by atoms with Crippen molar-refractivity contribution in [2.24, 2.45) is 0 Å². The van der Waals surface area contributed by atoms with E-state index in [0.29, 0.717) is 55.7 Å². The van der Waals surface area contributed by atoms with E-state index in [9.17, 15) is 4.79 Å². The SMILES string of the molecule is CN(C)CCOc1ccc(NC(=O)C2(c3ccc4c(c3)OCO4)CCOCC2)cn1. The minimum atomic E-state index is -0.694. The second-order valence-electron chi connectivity index (χ2n) is 7.75. The molecule has 0 saturated carbocycles. The maximum Gasteiger partial charge on any atom is 0.235 e. The summed E-state index contributed by atoms with van der Waals surface area (Å²) in [5.74, 6) is 1.83. The van der Waals surface area contributed by atoms with Gasteiger partial charge in [0.15, 0.2) is 11.5 Å². The topological polar surface area (TPSA) is 82.2 Å². The Morgan fingerprint density at radius 3 is 2.70 bits per heavy atom. The van der Waals surface area contributed by atoms with E-state index in [1.165, 1.54) is 0 Å². The van der Waals surface area contributed by atoms with E-state index in [2.05, 4.69) is 10.3 Å². The van der Waals surface area contributed by atoms with Crippen molar-refractivity contribution >= 4 is 11.6 Å². The second-order valence-corrected chi connectivity index (χ2v) is 7.75. The number of fused-ring (bicyclic) bond motifs is 1. The first-order valence-corrected chi connectivity index (χ1v) is 10.1. The third kappa shape index (κ3) is 4.34. The number of benzene rings is 1. The highest BCUT2D eigenvalue weighted by Crippen LogP contribution is 2.41. The van der Waals surface area contributed by atoms with Crippen LogP contribution in [0.1, 0.15) is 18.4 Å². The molecule has 1 amide bonds. The Morgan fingerprint density at radius 1 is 1.17 bits per heavy atom. The Balaban J connectivity index is 1.49. The van der Waals surface area contributed by atoms with Gasteiger partial charge in [-0.3, -0.25) is 4.79 Å². The number of likely N-dealkylation sites (N-methyl/N-ethyl adjacent to an activating group) is 1. The summed E-state index contributed by atoms with van der Waals surface area (Å²) in [6, 6.07) is 9.29. The van der Waals surface area contributed by atoms with Crippen LogP contribution in [0.3, 0.4) is 0 Å². The molecule has 1 aromatic heterocycles. The average molecular weight is 413 g/mol. The van der Waals surface area contributed by atoms with Gasteiger partial charge in [0.25, 0.3) is 0 Å².